The molecule has 0 spiro atoms. The van der Waals surface area contributed by atoms with Gasteiger partial charge in [-0.2, -0.15) is 0 Å². The van der Waals surface area contributed by atoms with Crippen LogP contribution in [-0.2, 0) is 6.54 Å². The fourth-order valence-corrected chi connectivity index (χ4v) is 2.84. The van der Waals surface area contributed by atoms with Crippen LogP contribution in [0.15, 0.2) is 57.4 Å². The van der Waals surface area contributed by atoms with Crippen LogP contribution in [-0.4, -0.2) is 0 Å². The summed E-state index contributed by atoms with van der Waals surface area (Å²) in [6.07, 6.45) is 0. The molecule has 0 amide bonds. The van der Waals surface area contributed by atoms with Crippen molar-refractivity contribution < 1.29 is 4.42 Å². The van der Waals surface area contributed by atoms with Gasteiger partial charge in [0.05, 0.1) is 6.04 Å². The lowest BCUT2D eigenvalue weighted by Gasteiger charge is -2.12. The zero-order valence-electron chi connectivity index (χ0n) is 12.2. The van der Waals surface area contributed by atoms with Crippen LogP contribution in [0.4, 0.5) is 0 Å². The Labute approximate surface area is 133 Å². The first kappa shape index (κ1) is 14.4. The van der Waals surface area contributed by atoms with E-state index in [9.17, 15) is 0 Å². The SMILES string of the molecule is Cc1c(C(C)NCc2ccc(Br)cc2)oc2ccccc12. The Hall–Kier alpha value is -1.58. The van der Waals surface area contributed by atoms with Crippen molar-refractivity contribution in [2.45, 2.75) is 26.4 Å². The van der Waals surface area contributed by atoms with Crippen LogP contribution in [0.3, 0.4) is 0 Å². The van der Waals surface area contributed by atoms with Gasteiger partial charge in [-0.25, -0.2) is 0 Å². The number of para-hydroxylation sites is 1. The lowest BCUT2D eigenvalue weighted by molar-refractivity contribution is 0.447. The summed E-state index contributed by atoms with van der Waals surface area (Å²) in [7, 11) is 0. The Morgan fingerprint density at radius 1 is 1.10 bits per heavy atom. The van der Waals surface area contributed by atoms with E-state index in [0.717, 1.165) is 22.4 Å². The molecule has 2 nitrogen and oxygen atoms in total. The van der Waals surface area contributed by atoms with Crippen LogP contribution in [0.5, 0.6) is 0 Å². The van der Waals surface area contributed by atoms with E-state index in [1.54, 1.807) is 0 Å². The first-order valence-electron chi connectivity index (χ1n) is 7.11. The van der Waals surface area contributed by atoms with Crippen LogP contribution in [0, 0.1) is 6.92 Å². The van der Waals surface area contributed by atoms with E-state index in [1.165, 1.54) is 16.5 Å². The molecule has 0 fully saturated rings. The van der Waals surface area contributed by atoms with Gasteiger partial charge in [0.15, 0.2) is 0 Å². The van der Waals surface area contributed by atoms with E-state index in [2.05, 4.69) is 71.5 Å². The molecule has 0 saturated carbocycles. The number of nitrogens with one attached hydrogen (secondary N) is 1. The highest BCUT2D eigenvalue weighted by atomic mass is 79.9. The molecule has 1 heterocycles. The van der Waals surface area contributed by atoms with Crippen LogP contribution in [0.25, 0.3) is 11.0 Å². The third kappa shape index (κ3) is 3.04. The van der Waals surface area contributed by atoms with Crippen molar-refractivity contribution in [3.05, 3.63) is 69.9 Å². The van der Waals surface area contributed by atoms with Crippen LogP contribution in [0.1, 0.15) is 29.9 Å². The number of hydrogen-bond acceptors (Lipinski definition) is 2. The maximum Gasteiger partial charge on any atom is 0.134 e. The number of aryl methyl sites for hydroxylation is 1. The summed E-state index contributed by atoms with van der Waals surface area (Å²) < 4.78 is 7.10. The Kier molecular flexibility index (Phi) is 4.13. The quantitative estimate of drug-likeness (QED) is 0.690. The number of benzene rings is 2. The standard InChI is InChI=1S/C18H18BrNO/c1-12-16-5-3-4-6-17(16)21-18(12)13(2)20-11-14-7-9-15(19)10-8-14/h3-10,13,20H,11H2,1-2H3. The van der Waals surface area contributed by atoms with Crippen LogP contribution in [0.2, 0.25) is 0 Å². The van der Waals surface area contributed by atoms with Gasteiger partial charge in [0.2, 0.25) is 0 Å². The summed E-state index contributed by atoms with van der Waals surface area (Å²) in [5, 5.41) is 4.73. The number of fused-ring (bicyclic) bond motifs is 1. The van der Waals surface area contributed by atoms with E-state index in [1.807, 2.05) is 12.1 Å². The van der Waals surface area contributed by atoms with E-state index < -0.39 is 0 Å². The predicted octanol–water partition coefficient (Wildman–Crippen LogP) is 5.35. The van der Waals surface area contributed by atoms with Crippen LogP contribution >= 0.6 is 15.9 Å². The highest BCUT2D eigenvalue weighted by Gasteiger charge is 2.15. The van der Waals surface area contributed by atoms with E-state index in [-0.39, 0.29) is 6.04 Å². The van der Waals surface area contributed by atoms with Gasteiger partial charge in [0.1, 0.15) is 11.3 Å². The minimum atomic E-state index is 0.182. The van der Waals surface area contributed by atoms with Gasteiger partial charge in [0.25, 0.3) is 0 Å². The molecule has 1 N–H and O–H groups in total. The topological polar surface area (TPSA) is 25.2 Å². The average Bonchev–Trinajstić information content (AvgIpc) is 2.84. The summed E-state index contributed by atoms with van der Waals surface area (Å²) in [6, 6.07) is 16.7. The molecular weight excluding hydrogens is 326 g/mol. The molecule has 108 valence electrons. The maximum atomic E-state index is 6.00. The number of rotatable bonds is 4. The molecule has 0 saturated heterocycles. The van der Waals surface area contributed by atoms with Crippen molar-refractivity contribution in [1.29, 1.82) is 0 Å². The van der Waals surface area contributed by atoms with Crippen LogP contribution < -0.4 is 5.32 Å². The molecule has 0 aliphatic carbocycles. The summed E-state index contributed by atoms with van der Waals surface area (Å²) >= 11 is 3.46. The first-order chi connectivity index (χ1) is 10.1. The van der Waals surface area contributed by atoms with Crippen molar-refractivity contribution in [1.82, 2.24) is 5.32 Å². The zero-order valence-corrected chi connectivity index (χ0v) is 13.8. The van der Waals surface area contributed by atoms with Crippen molar-refractivity contribution in [3.8, 4) is 0 Å². The van der Waals surface area contributed by atoms with Gasteiger partial charge in [0, 0.05) is 16.4 Å². The van der Waals surface area contributed by atoms with E-state index in [4.69, 9.17) is 4.42 Å². The Balaban J connectivity index is 1.76. The Morgan fingerprint density at radius 3 is 2.52 bits per heavy atom. The molecular formula is C18H18BrNO. The zero-order chi connectivity index (χ0) is 14.8. The lowest BCUT2D eigenvalue weighted by Crippen LogP contribution is -2.18. The normalized spacial score (nSPS) is 12.7. The highest BCUT2D eigenvalue weighted by molar-refractivity contribution is 9.10. The van der Waals surface area contributed by atoms with Gasteiger partial charge in [-0.15, -0.1) is 0 Å². The molecule has 1 unspecified atom stereocenters. The molecule has 1 aromatic heterocycles. The number of furan rings is 1. The molecule has 2 aromatic carbocycles. The van der Waals surface area contributed by atoms with E-state index >= 15 is 0 Å². The highest BCUT2D eigenvalue weighted by Crippen LogP contribution is 2.29. The summed E-state index contributed by atoms with van der Waals surface area (Å²) in [6.45, 7) is 5.09. The maximum absolute atomic E-state index is 6.00. The van der Waals surface area contributed by atoms with Gasteiger partial charge in [-0.1, -0.05) is 46.3 Å². The second kappa shape index (κ2) is 6.04. The van der Waals surface area contributed by atoms with Gasteiger partial charge >= 0.3 is 0 Å². The average molecular weight is 344 g/mol. The summed E-state index contributed by atoms with van der Waals surface area (Å²) in [5.41, 5.74) is 3.45. The third-order valence-corrected chi connectivity index (χ3v) is 4.33. The molecule has 0 aliphatic heterocycles. The third-order valence-electron chi connectivity index (χ3n) is 3.80. The molecule has 3 aromatic rings. The largest absolute Gasteiger partial charge is 0.459 e. The Bertz CT molecular complexity index is 746. The predicted molar refractivity (Wildman–Crippen MR) is 90.3 cm³/mol. The van der Waals surface area contributed by atoms with Gasteiger partial charge in [-0.3, -0.25) is 0 Å². The lowest BCUT2D eigenvalue weighted by atomic mass is 10.1. The molecule has 0 bridgehead atoms. The number of hydrogen-bond donors (Lipinski definition) is 1. The minimum Gasteiger partial charge on any atom is -0.459 e. The molecule has 0 radical (unpaired) electrons. The van der Waals surface area contributed by atoms with Crippen molar-refractivity contribution >= 4 is 26.9 Å². The summed E-state index contributed by atoms with van der Waals surface area (Å²) in [5.74, 6) is 1.02. The molecule has 0 aliphatic rings. The smallest absolute Gasteiger partial charge is 0.134 e. The van der Waals surface area contributed by atoms with Crippen molar-refractivity contribution in [2.75, 3.05) is 0 Å². The fourth-order valence-electron chi connectivity index (χ4n) is 2.57. The monoisotopic (exact) mass is 343 g/mol. The Morgan fingerprint density at radius 2 is 1.81 bits per heavy atom. The van der Waals surface area contributed by atoms with E-state index in [0.29, 0.717) is 0 Å². The number of halogens is 1. The molecule has 3 rings (SSSR count). The van der Waals surface area contributed by atoms with Crippen molar-refractivity contribution in [2.24, 2.45) is 0 Å². The fraction of sp³-hybridized carbons (Fsp3) is 0.222. The molecule has 1 atom stereocenters. The molecule has 3 heteroatoms. The van der Waals surface area contributed by atoms with Gasteiger partial charge in [-0.05, 0) is 43.2 Å². The van der Waals surface area contributed by atoms with Crippen molar-refractivity contribution in [3.63, 3.8) is 0 Å². The second-order valence-electron chi connectivity index (χ2n) is 5.32. The minimum absolute atomic E-state index is 0.182. The molecule has 21 heavy (non-hydrogen) atoms. The van der Waals surface area contributed by atoms with Gasteiger partial charge < -0.3 is 9.73 Å². The first-order valence-corrected chi connectivity index (χ1v) is 7.90. The summed E-state index contributed by atoms with van der Waals surface area (Å²) in [4.78, 5) is 0. The second-order valence-corrected chi connectivity index (χ2v) is 6.23.